The molecule has 1 aromatic heterocycles. The summed E-state index contributed by atoms with van der Waals surface area (Å²) in [7, 11) is -3.04. The summed E-state index contributed by atoms with van der Waals surface area (Å²) in [4.78, 5) is 6.84. The molecule has 2 atom stereocenters. The van der Waals surface area contributed by atoms with Gasteiger partial charge in [-0.1, -0.05) is 12.1 Å². The molecule has 0 bridgehead atoms. The third-order valence-corrected chi connectivity index (χ3v) is 6.96. The molecule has 0 spiro atoms. The van der Waals surface area contributed by atoms with Gasteiger partial charge in [0, 0.05) is 25.7 Å². The first-order chi connectivity index (χ1) is 11.0. The van der Waals surface area contributed by atoms with Crippen LogP contribution in [0, 0.1) is 0 Å². The summed E-state index contributed by atoms with van der Waals surface area (Å²) in [6, 6.07) is 7.89. The summed E-state index contributed by atoms with van der Waals surface area (Å²) >= 11 is 0. The number of rotatable bonds is 3. The smallest absolute Gasteiger partial charge is 0.214 e. The molecule has 6 nitrogen and oxygen atoms in total. The fraction of sp³-hybridized carbons (Fsp3) is 0.562. The number of para-hydroxylation sites is 2. The molecule has 2 saturated heterocycles. The maximum Gasteiger partial charge on any atom is 0.214 e. The van der Waals surface area contributed by atoms with Crippen molar-refractivity contribution < 1.29 is 12.8 Å². The molecule has 23 heavy (non-hydrogen) atoms. The van der Waals surface area contributed by atoms with E-state index >= 15 is 0 Å². The Balaban J connectivity index is 1.50. The molecular weight excluding hydrogens is 314 g/mol. The first-order valence-corrected chi connectivity index (χ1v) is 9.74. The molecule has 2 unspecified atom stereocenters. The van der Waals surface area contributed by atoms with Gasteiger partial charge in [-0.25, -0.2) is 13.4 Å². The number of nitrogens with zero attached hydrogens (tertiary/aromatic N) is 3. The number of oxazole rings is 1. The topological polar surface area (TPSA) is 66.7 Å². The van der Waals surface area contributed by atoms with E-state index < -0.39 is 10.0 Å². The van der Waals surface area contributed by atoms with Gasteiger partial charge < -0.3 is 4.42 Å². The van der Waals surface area contributed by atoms with E-state index in [0.29, 0.717) is 18.2 Å². The van der Waals surface area contributed by atoms with Gasteiger partial charge in [0.2, 0.25) is 15.9 Å². The summed E-state index contributed by atoms with van der Waals surface area (Å²) in [6.07, 6.45) is 1.63. The Hall–Kier alpha value is -1.44. The van der Waals surface area contributed by atoms with Crippen LogP contribution in [0.2, 0.25) is 0 Å². The summed E-state index contributed by atoms with van der Waals surface area (Å²) in [6.45, 7) is 4.36. The first-order valence-electron chi connectivity index (χ1n) is 8.13. The molecule has 0 amide bonds. The van der Waals surface area contributed by atoms with Crippen LogP contribution in [0.5, 0.6) is 0 Å². The third-order valence-electron chi connectivity index (χ3n) is 4.96. The maximum atomic E-state index is 12.1. The molecule has 2 aliphatic heterocycles. The zero-order valence-corrected chi connectivity index (χ0v) is 14.0. The van der Waals surface area contributed by atoms with Gasteiger partial charge in [-0.2, -0.15) is 4.31 Å². The molecular formula is C16H21N3O3S. The summed E-state index contributed by atoms with van der Waals surface area (Å²) in [5, 5.41) is 0. The van der Waals surface area contributed by atoms with E-state index in [1.54, 1.807) is 4.31 Å². The lowest BCUT2D eigenvalue weighted by Gasteiger charge is -2.25. The third kappa shape index (κ3) is 2.66. The van der Waals surface area contributed by atoms with Crippen molar-refractivity contribution >= 4 is 21.1 Å². The van der Waals surface area contributed by atoms with Crippen molar-refractivity contribution in [1.29, 1.82) is 0 Å². The van der Waals surface area contributed by atoms with Crippen LogP contribution in [-0.2, 0) is 10.0 Å². The SMILES string of the molecule is CC(c1nc2ccccc2o1)N1CCC(N2CCCS2(=O)=O)C1. The second kappa shape index (κ2) is 5.58. The predicted molar refractivity (Wildman–Crippen MR) is 87.5 cm³/mol. The van der Waals surface area contributed by atoms with Crippen LogP contribution >= 0.6 is 0 Å². The van der Waals surface area contributed by atoms with E-state index in [1.165, 1.54) is 0 Å². The summed E-state index contributed by atoms with van der Waals surface area (Å²) in [5.74, 6) is 1.00. The van der Waals surface area contributed by atoms with E-state index in [4.69, 9.17) is 4.42 Å². The van der Waals surface area contributed by atoms with Gasteiger partial charge in [0.15, 0.2) is 5.58 Å². The number of sulfonamides is 1. The zero-order chi connectivity index (χ0) is 16.0. The van der Waals surface area contributed by atoms with E-state index in [2.05, 4.69) is 16.8 Å². The lowest BCUT2D eigenvalue weighted by Crippen LogP contribution is -2.39. The van der Waals surface area contributed by atoms with Crippen LogP contribution in [0.25, 0.3) is 11.1 Å². The van der Waals surface area contributed by atoms with Crippen molar-refractivity contribution in [1.82, 2.24) is 14.2 Å². The van der Waals surface area contributed by atoms with E-state index in [-0.39, 0.29) is 12.1 Å². The van der Waals surface area contributed by atoms with Gasteiger partial charge in [0.05, 0.1) is 11.8 Å². The fourth-order valence-electron chi connectivity index (χ4n) is 3.65. The monoisotopic (exact) mass is 335 g/mol. The van der Waals surface area contributed by atoms with E-state index in [1.807, 2.05) is 24.3 Å². The number of fused-ring (bicyclic) bond motifs is 1. The van der Waals surface area contributed by atoms with Crippen molar-refractivity contribution in [2.24, 2.45) is 0 Å². The highest BCUT2D eigenvalue weighted by molar-refractivity contribution is 7.89. The number of hydrogen-bond donors (Lipinski definition) is 0. The quantitative estimate of drug-likeness (QED) is 0.858. The highest BCUT2D eigenvalue weighted by Gasteiger charge is 2.39. The standard InChI is InChI=1S/C16H21N3O3S/c1-12(16-17-14-5-2-3-6-15(14)22-16)18-9-7-13(11-18)19-8-4-10-23(19,20)21/h2-3,5-6,12-13H,4,7-11H2,1H3. The van der Waals surface area contributed by atoms with E-state index in [0.717, 1.165) is 37.0 Å². The number of aromatic nitrogens is 1. The maximum absolute atomic E-state index is 12.1. The van der Waals surface area contributed by atoms with Crippen LogP contribution < -0.4 is 0 Å². The van der Waals surface area contributed by atoms with Crippen LogP contribution in [0.1, 0.15) is 31.7 Å². The number of hydrogen-bond acceptors (Lipinski definition) is 5. The minimum absolute atomic E-state index is 0.0534. The van der Waals surface area contributed by atoms with Crippen LogP contribution in [0.3, 0.4) is 0 Å². The molecule has 3 heterocycles. The molecule has 0 radical (unpaired) electrons. The minimum Gasteiger partial charge on any atom is -0.439 e. The molecule has 2 aromatic rings. The van der Waals surface area contributed by atoms with Crippen molar-refractivity contribution in [2.45, 2.75) is 31.8 Å². The average Bonchev–Trinajstić information content (AvgIpc) is 3.22. The van der Waals surface area contributed by atoms with Gasteiger partial charge in [0.1, 0.15) is 5.52 Å². The average molecular weight is 335 g/mol. The molecule has 1 aromatic carbocycles. The summed E-state index contributed by atoms with van der Waals surface area (Å²) < 4.78 is 31.7. The lowest BCUT2D eigenvalue weighted by molar-refractivity contribution is 0.213. The number of benzene rings is 1. The van der Waals surface area contributed by atoms with Gasteiger partial charge >= 0.3 is 0 Å². The van der Waals surface area contributed by atoms with Gasteiger partial charge in [0.25, 0.3) is 0 Å². The fourth-order valence-corrected chi connectivity index (χ4v) is 5.41. The van der Waals surface area contributed by atoms with Crippen LogP contribution in [0.15, 0.2) is 28.7 Å². The lowest BCUT2D eigenvalue weighted by atomic mass is 10.2. The van der Waals surface area contributed by atoms with Gasteiger partial charge in [-0.3, -0.25) is 4.90 Å². The van der Waals surface area contributed by atoms with Gasteiger partial charge in [-0.05, 0) is 31.9 Å². The zero-order valence-electron chi connectivity index (χ0n) is 13.2. The molecule has 0 saturated carbocycles. The van der Waals surface area contributed by atoms with Crippen LogP contribution in [0.4, 0.5) is 0 Å². The molecule has 124 valence electrons. The van der Waals surface area contributed by atoms with Crippen molar-refractivity contribution in [3.8, 4) is 0 Å². The normalized spacial score (nSPS) is 26.9. The van der Waals surface area contributed by atoms with Crippen molar-refractivity contribution in [3.63, 3.8) is 0 Å². The Morgan fingerprint density at radius 3 is 2.87 bits per heavy atom. The second-order valence-corrected chi connectivity index (χ2v) is 8.45. The van der Waals surface area contributed by atoms with Gasteiger partial charge in [-0.15, -0.1) is 0 Å². The largest absolute Gasteiger partial charge is 0.439 e. The van der Waals surface area contributed by atoms with Crippen LogP contribution in [-0.4, -0.2) is 54.0 Å². The highest BCUT2D eigenvalue weighted by atomic mass is 32.2. The molecule has 7 heteroatoms. The molecule has 2 fully saturated rings. The Morgan fingerprint density at radius 2 is 2.13 bits per heavy atom. The first kappa shape index (κ1) is 15.1. The second-order valence-electron chi connectivity index (χ2n) is 6.41. The predicted octanol–water partition coefficient (Wildman–Crippen LogP) is 2.00. The van der Waals surface area contributed by atoms with E-state index in [9.17, 15) is 8.42 Å². The Labute approximate surface area is 136 Å². The Morgan fingerprint density at radius 1 is 1.30 bits per heavy atom. The summed E-state index contributed by atoms with van der Waals surface area (Å²) in [5.41, 5.74) is 1.67. The van der Waals surface area contributed by atoms with Crippen molar-refractivity contribution in [3.05, 3.63) is 30.2 Å². The number of likely N-dealkylation sites (tertiary alicyclic amines) is 1. The molecule has 0 N–H and O–H groups in total. The highest BCUT2D eigenvalue weighted by Crippen LogP contribution is 2.30. The molecule has 4 rings (SSSR count). The minimum atomic E-state index is -3.04. The molecule has 0 aliphatic carbocycles. The van der Waals surface area contributed by atoms with Crippen molar-refractivity contribution in [2.75, 3.05) is 25.4 Å². The molecule has 2 aliphatic rings. The Kier molecular flexibility index (Phi) is 3.66. The Bertz CT molecular complexity index is 784.